The smallest absolute Gasteiger partial charge is 0.294 e. The molecule has 0 bridgehead atoms. The standard InChI is InChI=1S/C7H12N2O6/c10-6-14-5-3-8-7(11)2-1-4-15-9(12)13/h6H,1-5H2,(H,8,11). The minimum absolute atomic E-state index is 0.106. The summed E-state index contributed by atoms with van der Waals surface area (Å²) < 4.78 is 4.33. The molecular formula is C7H12N2O6. The fourth-order valence-corrected chi connectivity index (χ4v) is 0.758. The van der Waals surface area contributed by atoms with Gasteiger partial charge in [0.2, 0.25) is 5.91 Å². The lowest BCUT2D eigenvalue weighted by atomic mass is 10.3. The van der Waals surface area contributed by atoms with Crippen molar-refractivity contribution in [2.75, 3.05) is 19.8 Å². The zero-order valence-electron chi connectivity index (χ0n) is 8.01. The lowest BCUT2D eigenvalue weighted by Gasteiger charge is -2.03. The number of nitrogens with zero attached hydrogens (tertiary/aromatic N) is 1. The molecule has 0 rings (SSSR count). The van der Waals surface area contributed by atoms with E-state index in [1.54, 1.807) is 0 Å². The topological polar surface area (TPSA) is 108 Å². The molecule has 1 amide bonds. The number of hydrogen-bond acceptors (Lipinski definition) is 6. The van der Waals surface area contributed by atoms with Gasteiger partial charge in [0.15, 0.2) is 0 Å². The van der Waals surface area contributed by atoms with E-state index in [-0.39, 0.29) is 45.0 Å². The predicted octanol–water partition coefficient (Wildman–Crippen LogP) is -0.736. The van der Waals surface area contributed by atoms with Crippen LogP contribution in [-0.2, 0) is 19.2 Å². The number of nitrogens with one attached hydrogen (secondary N) is 1. The second-order valence-electron chi connectivity index (χ2n) is 2.48. The number of hydrogen-bond donors (Lipinski definition) is 1. The second kappa shape index (κ2) is 8.73. The molecule has 1 N–H and O–H groups in total. The first-order chi connectivity index (χ1) is 7.16. The number of carbonyl (C=O) groups is 2. The summed E-state index contributed by atoms with van der Waals surface area (Å²) in [5, 5.41) is 11.3. The van der Waals surface area contributed by atoms with Gasteiger partial charge in [-0.05, 0) is 6.42 Å². The first-order valence-corrected chi connectivity index (χ1v) is 4.26. The molecule has 0 saturated carbocycles. The van der Waals surface area contributed by atoms with Crippen molar-refractivity contribution in [2.24, 2.45) is 0 Å². The SMILES string of the molecule is O=COCCNC(=O)CCCO[N+](=O)[O-]. The van der Waals surface area contributed by atoms with Crippen molar-refractivity contribution < 1.29 is 24.3 Å². The molecule has 0 fully saturated rings. The normalized spacial score (nSPS) is 9.07. The summed E-state index contributed by atoms with van der Waals surface area (Å²) in [7, 11) is 0. The van der Waals surface area contributed by atoms with Crippen molar-refractivity contribution in [1.82, 2.24) is 5.32 Å². The summed E-state index contributed by atoms with van der Waals surface area (Å²) >= 11 is 0. The van der Waals surface area contributed by atoms with E-state index in [0.717, 1.165) is 0 Å². The average Bonchev–Trinajstić information content (AvgIpc) is 2.19. The predicted molar refractivity (Wildman–Crippen MR) is 47.2 cm³/mol. The van der Waals surface area contributed by atoms with Gasteiger partial charge in [-0.15, -0.1) is 10.1 Å². The van der Waals surface area contributed by atoms with E-state index in [2.05, 4.69) is 14.9 Å². The Morgan fingerprint density at radius 1 is 1.47 bits per heavy atom. The lowest BCUT2D eigenvalue weighted by Crippen LogP contribution is -2.27. The molecule has 0 aliphatic rings. The Morgan fingerprint density at radius 3 is 2.80 bits per heavy atom. The number of amides is 1. The molecule has 0 aliphatic carbocycles. The van der Waals surface area contributed by atoms with Crippen LogP contribution in [0.5, 0.6) is 0 Å². The van der Waals surface area contributed by atoms with Crippen molar-refractivity contribution in [3.8, 4) is 0 Å². The zero-order valence-corrected chi connectivity index (χ0v) is 8.01. The van der Waals surface area contributed by atoms with Crippen molar-refractivity contribution in [3.63, 3.8) is 0 Å². The van der Waals surface area contributed by atoms with Crippen LogP contribution in [0.4, 0.5) is 0 Å². The highest BCUT2D eigenvalue weighted by atomic mass is 16.9. The molecule has 0 aromatic rings. The van der Waals surface area contributed by atoms with Crippen LogP contribution in [0.3, 0.4) is 0 Å². The molecule has 0 unspecified atom stereocenters. The van der Waals surface area contributed by atoms with E-state index in [9.17, 15) is 19.7 Å². The maximum absolute atomic E-state index is 11.0. The highest BCUT2D eigenvalue weighted by molar-refractivity contribution is 5.75. The Balaban J connectivity index is 3.25. The molecule has 0 aliphatic heterocycles. The molecular weight excluding hydrogens is 208 g/mol. The highest BCUT2D eigenvalue weighted by Gasteiger charge is 2.01. The fourth-order valence-electron chi connectivity index (χ4n) is 0.758. The van der Waals surface area contributed by atoms with Crippen LogP contribution in [0.15, 0.2) is 0 Å². The number of carbonyl (C=O) groups excluding carboxylic acids is 2. The Bertz CT molecular complexity index is 220. The molecule has 0 spiro atoms. The Morgan fingerprint density at radius 2 is 2.20 bits per heavy atom. The van der Waals surface area contributed by atoms with Gasteiger partial charge in [0.1, 0.15) is 6.61 Å². The molecule has 86 valence electrons. The minimum Gasteiger partial charge on any atom is -0.466 e. The fraction of sp³-hybridized carbons (Fsp3) is 0.714. The summed E-state index contributed by atoms with van der Waals surface area (Å²) in [6.07, 6.45) is 0.399. The van der Waals surface area contributed by atoms with Crippen molar-refractivity contribution in [2.45, 2.75) is 12.8 Å². The van der Waals surface area contributed by atoms with E-state index < -0.39 is 5.09 Å². The molecule has 0 heterocycles. The maximum Gasteiger partial charge on any atom is 0.294 e. The van der Waals surface area contributed by atoms with Crippen LogP contribution in [0, 0.1) is 10.1 Å². The molecule has 0 saturated heterocycles. The van der Waals surface area contributed by atoms with E-state index in [1.807, 2.05) is 0 Å². The highest BCUT2D eigenvalue weighted by Crippen LogP contribution is 1.90. The third kappa shape index (κ3) is 10.1. The van der Waals surface area contributed by atoms with Gasteiger partial charge in [0, 0.05) is 6.42 Å². The summed E-state index contributed by atoms with van der Waals surface area (Å²) in [5.74, 6) is -0.267. The van der Waals surface area contributed by atoms with Gasteiger partial charge in [0.25, 0.3) is 11.6 Å². The van der Waals surface area contributed by atoms with E-state index in [1.165, 1.54) is 0 Å². The van der Waals surface area contributed by atoms with Crippen LogP contribution in [0.25, 0.3) is 0 Å². The van der Waals surface area contributed by atoms with Gasteiger partial charge < -0.3 is 14.9 Å². The van der Waals surface area contributed by atoms with E-state index in [4.69, 9.17) is 0 Å². The molecule has 0 radical (unpaired) electrons. The molecule has 15 heavy (non-hydrogen) atoms. The summed E-state index contributed by atoms with van der Waals surface area (Å²) in [6, 6.07) is 0. The Hall–Kier alpha value is -1.86. The summed E-state index contributed by atoms with van der Waals surface area (Å²) in [4.78, 5) is 34.4. The van der Waals surface area contributed by atoms with Crippen LogP contribution >= 0.6 is 0 Å². The monoisotopic (exact) mass is 220 g/mol. The van der Waals surface area contributed by atoms with E-state index in [0.29, 0.717) is 0 Å². The third-order valence-corrected chi connectivity index (χ3v) is 1.35. The lowest BCUT2D eigenvalue weighted by molar-refractivity contribution is -0.757. The van der Waals surface area contributed by atoms with Crippen molar-refractivity contribution in [3.05, 3.63) is 10.1 Å². The van der Waals surface area contributed by atoms with Gasteiger partial charge in [-0.3, -0.25) is 9.59 Å². The van der Waals surface area contributed by atoms with Crippen LogP contribution in [0.2, 0.25) is 0 Å². The van der Waals surface area contributed by atoms with Crippen LogP contribution < -0.4 is 5.32 Å². The summed E-state index contributed by atoms with van der Waals surface area (Å²) in [5.41, 5.74) is 0. The number of rotatable bonds is 9. The zero-order chi connectivity index (χ0) is 11.5. The first kappa shape index (κ1) is 13.1. The van der Waals surface area contributed by atoms with Crippen LogP contribution in [0.1, 0.15) is 12.8 Å². The molecule has 0 aromatic carbocycles. The van der Waals surface area contributed by atoms with Gasteiger partial charge in [-0.2, -0.15) is 0 Å². The largest absolute Gasteiger partial charge is 0.466 e. The summed E-state index contributed by atoms with van der Waals surface area (Å²) in [6.45, 7) is 0.524. The quantitative estimate of drug-likeness (QED) is 0.237. The van der Waals surface area contributed by atoms with Gasteiger partial charge in [-0.25, -0.2) is 0 Å². The van der Waals surface area contributed by atoms with Crippen LogP contribution in [-0.4, -0.2) is 37.2 Å². The molecule has 8 nitrogen and oxygen atoms in total. The molecule has 0 atom stereocenters. The third-order valence-electron chi connectivity index (χ3n) is 1.35. The Kier molecular flexibility index (Phi) is 7.64. The van der Waals surface area contributed by atoms with Gasteiger partial charge >= 0.3 is 0 Å². The van der Waals surface area contributed by atoms with Crippen molar-refractivity contribution in [1.29, 1.82) is 0 Å². The number of ether oxygens (including phenoxy) is 1. The minimum atomic E-state index is -0.907. The second-order valence-corrected chi connectivity index (χ2v) is 2.48. The molecule has 0 aromatic heterocycles. The van der Waals surface area contributed by atoms with E-state index >= 15 is 0 Å². The average molecular weight is 220 g/mol. The molecule has 8 heteroatoms. The Labute approximate surface area is 85.6 Å². The van der Waals surface area contributed by atoms with Crippen molar-refractivity contribution >= 4 is 12.4 Å². The first-order valence-electron chi connectivity index (χ1n) is 4.26. The maximum atomic E-state index is 11.0. The van der Waals surface area contributed by atoms with Gasteiger partial charge in [-0.1, -0.05) is 0 Å². The van der Waals surface area contributed by atoms with Gasteiger partial charge in [0.05, 0.1) is 13.2 Å².